The molecule has 0 aliphatic carbocycles. The molecule has 196 valence electrons. The number of phenolic OH excluding ortho intramolecular Hbond substituents is 1. The Morgan fingerprint density at radius 3 is 2.34 bits per heavy atom. The lowest BCUT2D eigenvalue weighted by molar-refractivity contribution is -0.144. The van der Waals surface area contributed by atoms with E-state index in [2.05, 4.69) is 10.6 Å². The summed E-state index contributed by atoms with van der Waals surface area (Å²) in [5.41, 5.74) is 4.72. The van der Waals surface area contributed by atoms with Gasteiger partial charge in [-0.2, -0.15) is 0 Å². The smallest absolute Gasteiger partial charge is 0.408 e. The van der Waals surface area contributed by atoms with Crippen LogP contribution in [0.4, 0.5) is 4.79 Å². The van der Waals surface area contributed by atoms with Gasteiger partial charge in [0.25, 0.3) is 0 Å². The number of nitrogens with one attached hydrogen (secondary N) is 2. The Kier molecular flexibility index (Phi) is 11.5. The van der Waals surface area contributed by atoms with Gasteiger partial charge >= 0.3 is 6.09 Å². The number of phenols is 1. The number of hydrogen-bond acceptors (Lipinski definition) is 7. The van der Waals surface area contributed by atoms with Crippen molar-refractivity contribution in [3.8, 4) is 5.75 Å². The molecular weight excluding hydrogens is 456 g/mol. The van der Waals surface area contributed by atoms with Crippen LogP contribution in [0.25, 0.3) is 0 Å². The van der Waals surface area contributed by atoms with E-state index in [0.717, 1.165) is 11.3 Å². The van der Waals surface area contributed by atoms with Crippen molar-refractivity contribution < 1.29 is 34.1 Å². The van der Waals surface area contributed by atoms with Crippen LogP contribution in [-0.4, -0.2) is 69.8 Å². The topological polar surface area (TPSA) is 171 Å². The van der Waals surface area contributed by atoms with E-state index >= 15 is 0 Å². The molecule has 0 bridgehead atoms. The molecule has 0 radical (unpaired) electrons. The van der Waals surface area contributed by atoms with E-state index in [0.29, 0.717) is 6.42 Å². The number of alkyl carbamates (subject to hydrolysis) is 1. The summed E-state index contributed by atoms with van der Waals surface area (Å²) in [6.45, 7) is 7.89. The van der Waals surface area contributed by atoms with Crippen LogP contribution in [0.5, 0.6) is 5.75 Å². The van der Waals surface area contributed by atoms with Gasteiger partial charge in [0, 0.05) is 12.6 Å². The average Bonchev–Trinajstić information content (AvgIpc) is 2.71. The number of benzene rings is 1. The summed E-state index contributed by atoms with van der Waals surface area (Å²) >= 11 is 0. The predicted octanol–water partition coefficient (Wildman–Crippen LogP) is 1.33. The van der Waals surface area contributed by atoms with Crippen molar-refractivity contribution in [3.05, 3.63) is 29.8 Å². The molecule has 11 nitrogen and oxygen atoms in total. The minimum absolute atomic E-state index is 0.126. The van der Waals surface area contributed by atoms with Gasteiger partial charge in [-0.15, -0.1) is 0 Å². The van der Waals surface area contributed by atoms with Gasteiger partial charge in [0.2, 0.25) is 17.7 Å². The lowest BCUT2D eigenvalue weighted by atomic mass is 10.0. The molecule has 35 heavy (non-hydrogen) atoms. The Morgan fingerprint density at radius 1 is 1.17 bits per heavy atom. The summed E-state index contributed by atoms with van der Waals surface area (Å²) in [5, 5.41) is 24.9. The summed E-state index contributed by atoms with van der Waals surface area (Å²) < 4.78 is 5.19. The molecule has 1 rings (SSSR count). The highest BCUT2D eigenvalue weighted by atomic mass is 16.6. The van der Waals surface area contributed by atoms with Gasteiger partial charge in [-0.1, -0.05) is 25.5 Å². The number of aliphatic hydroxyl groups is 1. The molecule has 0 saturated heterocycles. The van der Waals surface area contributed by atoms with Crippen LogP contribution >= 0.6 is 0 Å². The van der Waals surface area contributed by atoms with Gasteiger partial charge in [0.05, 0.1) is 13.0 Å². The Balaban J connectivity index is 3.43. The quantitative estimate of drug-likeness (QED) is 0.292. The lowest BCUT2D eigenvalue weighted by Crippen LogP contribution is -2.55. The molecule has 0 aromatic heterocycles. The van der Waals surface area contributed by atoms with Crippen LogP contribution in [-0.2, 0) is 19.1 Å². The molecule has 0 heterocycles. The van der Waals surface area contributed by atoms with Crippen LogP contribution in [0.3, 0.4) is 0 Å². The number of primary amides is 1. The van der Waals surface area contributed by atoms with Crippen molar-refractivity contribution in [2.24, 2.45) is 5.73 Å². The number of amides is 4. The highest BCUT2D eigenvalue weighted by Crippen LogP contribution is 2.26. The Bertz CT molecular complexity index is 885. The zero-order valence-electron chi connectivity index (χ0n) is 21.0. The minimum atomic E-state index is -1.45. The molecule has 11 heteroatoms. The zero-order valence-corrected chi connectivity index (χ0v) is 21.0. The summed E-state index contributed by atoms with van der Waals surface area (Å²) in [7, 11) is 0. The second-order valence-electron chi connectivity index (χ2n) is 9.32. The third-order valence-electron chi connectivity index (χ3n) is 4.87. The Hall–Kier alpha value is -3.34. The highest BCUT2D eigenvalue weighted by Gasteiger charge is 2.37. The minimum Gasteiger partial charge on any atom is -0.508 e. The van der Waals surface area contributed by atoms with Gasteiger partial charge < -0.3 is 36.2 Å². The second-order valence-corrected chi connectivity index (χ2v) is 9.32. The van der Waals surface area contributed by atoms with Gasteiger partial charge in [-0.3, -0.25) is 14.4 Å². The molecule has 3 atom stereocenters. The van der Waals surface area contributed by atoms with E-state index in [4.69, 9.17) is 10.5 Å². The molecule has 4 amide bonds. The first-order valence-electron chi connectivity index (χ1n) is 11.6. The molecule has 1 aromatic carbocycles. The summed E-state index contributed by atoms with van der Waals surface area (Å²) in [6.07, 6.45) is 0.00578. The fourth-order valence-electron chi connectivity index (χ4n) is 3.52. The van der Waals surface area contributed by atoms with Crippen molar-refractivity contribution in [1.82, 2.24) is 15.5 Å². The number of ether oxygens (including phenoxy) is 1. The van der Waals surface area contributed by atoms with E-state index in [1.54, 1.807) is 26.8 Å². The van der Waals surface area contributed by atoms with Crippen LogP contribution in [0, 0.1) is 0 Å². The van der Waals surface area contributed by atoms with E-state index < -0.39 is 54.5 Å². The normalized spacial score (nSPS) is 13.8. The van der Waals surface area contributed by atoms with Crippen molar-refractivity contribution in [3.63, 3.8) is 0 Å². The zero-order chi connectivity index (χ0) is 26.8. The average molecular weight is 495 g/mol. The van der Waals surface area contributed by atoms with E-state index in [1.807, 2.05) is 13.8 Å². The van der Waals surface area contributed by atoms with Crippen LogP contribution < -0.4 is 16.4 Å². The number of rotatable bonds is 12. The highest BCUT2D eigenvalue weighted by molar-refractivity contribution is 5.94. The van der Waals surface area contributed by atoms with Crippen molar-refractivity contribution in [2.75, 3.05) is 13.2 Å². The van der Waals surface area contributed by atoms with Crippen LogP contribution in [0.1, 0.15) is 65.5 Å². The molecule has 3 unspecified atom stereocenters. The molecule has 0 aliphatic rings. The maximum Gasteiger partial charge on any atom is 0.408 e. The lowest BCUT2D eigenvalue weighted by Gasteiger charge is -2.34. The molecule has 0 saturated carbocycles. The number of aliphatic hydroxyl groups excluding tert-OH is 1. The van der Waals surface area contributed by atoms with Crippen LogP contribution in [0.2, 0.25) is 0 Å². The maximum absolute atomic E-state index is 13.6. The largest absolute Gasteiger partial charge is 0.508 e. The number of carbonyl (C=O) groups excluding carboxylic acids is 4. The second kappa shape index (κ2) is 13.5. The summed E-state index contributed by atoms with van der Waals surface area (Å²) in [5.74, 6) is -2.36. The number of aromatic hydroxyl groups is 1. The van der Waals surface area contributed by atoms with Crippen LogP contribution in [0.15, 0.2) is 24.3 Å². The number of nitrogens with two attached hydrogens (primary N) is 1. The van der Waals surface area contributed by atoms with Gasteiger partial charge in [0.15, 0.2) is 0 Å². The first kappa shape index (κ1) is 29.7. The molecule has 0 aliphatic heterocycles. The third-order valence-corrected chi connectivity index (χ3v) is 4.87. The monoisotopic (exact) mass is 494 g/mol. The van der Waals surface area contributed by atoms with E-state index in [9.17, 15) is 29.4 Å². The van der Waals surface area contributed by atoms with Gasteiger partial charge in [-0.05, 0) is 51.8 Å². The first-order valence-corrected chi connectivity index (χ1v) is 11.6. The van der Waals surface area contributed by atoms with E-state index in [-0.39, 0.29) is 23.9 Å². The Morgan fingerprint density at radius 2 is 1.83 bits per heavy atom. The van der Waals surface area contributed by atoms with Crippen molar-refractivity contribution >= 4 is 23.8 Å². The Labute approximate surface area is 206 Å². The molecule has 1 aromatic rings. The first-order chi connectivity index (χ1) is 16.3. The fourth-order valence-corrected chi connectivity index (χ4v) is 3.52. The third kappa shape index (κ3) is 10.2. The summed E-state index contributed by atoms with van der Waals surface area (Å²) in [4.78, 5) is 52.0. The molecular formula is C24H38N4O7. The van der Waals surface area contributed by atoms with Crippen molar-refractivity contribution in [1.29, 1.82) is 0 Å². The van der Waals surface area contributed by atoms with Crippen molar-refractivity contribution in [2.45, 2.75) is 77.6 Å². The maximum atomic E-state index is 13.6. The molecule has 0 spiro atoms. The number of nitrogens with zero attached hydrogens (tertiary/aromatic N) is 1. The fraction of sp³-hybridized carbons (Fsp3) is 0.583. The molecule has 6 N–H and O–H groups in total. The SMILES string of the molecule is CCCC(C)NC(=O)C(c1cccc(O)c1)N(CCO)C(=O)C(CC(N)=O)NC(=O)OC(C)(C)C. The van der Waals surface area contributed by atoms with E-state index in [1.165, 1.54) is 18.2 Å². The number of hydrogen-bond donors (Lipinski definition) is 5. The standard InChI is InChI=1S/C24H38N4O7/c1-6-8-15(2)26-21(32)20(16-9-7-10-17(30)13-16)28(11-12-29)22(33)18(14-19(25)31)27-23(34)35-24(3,4)5/h7,9-10,13,15,18,20,29-30H,6,8,11-12,14H2,1-5H3,(H2,25,31)(H,26,32)(H,27,34). The molecule has 0 fully saturated rings. The van der Waals surface area contributed by atoms with Gasteiger partial charge in [-0.25, -0.2) is 4.79 Å². The predicted molar refractivity (Wildman–Crippen MR) is 129 cm³/mol. The van der Waals surface area contributed by atoms with Gasteiger partial charge in [0.1, 0.15) is 23.4 Å². The summed E-state index contributed by atoms with van der Waals surface area (Å²) in [6, 6.07) is 2.89. The number of carbonyl (C=O) groups is 4.